The predicted octanol–water partition coefficient (Wildman–Crippen LogP) is 3.01. The van der Waals surface area contributed by atoms with Crippen LogP contribution in [0.25, 0.3) is 21.5 Å². The molecule has 0 saturated heterocycles. The molecule has 0 aliphatic carbocycles. The lowest BCUT2D eigenvalue weighted by Crippen LogP contribution is -2.42. The molecule has 0 radical (unpaired) electrons. The van der Waals surface area contributed by atoms with Crippen LogP contribution in [0.2, 0.25) is 0 Å². The Balaban J connectivity index is 2.25. The number of fused-ring (bicyclic) bond motifs is 3. The summed E-state index contributed by atoms with van der Waals surface area (Å²) in [5.74, 6) is 0. The minimum Gasteiger partial charge on any atom is -0.267 e. The van der Waals surface area contributed by atoms with Gasteiger partial charge >= 0.3 is 0 Å². The number of allylic oxidation sites excluding steroid dienone is 2. The SMILES string of the molecule is CC1C=CC(C)n2c(=O)c3cc4ccccc4cc3c(=O)n21. The van der Waals surface area contributed by atoms with Crippen molar-refractivity contribution < 1.29 is 0 Å². The molecule has 2 unspecified atom stereocenters. The third-order valence-electron chi connectivity index (χ3n) is 4.43. The van der Waals surface area contributed by atoms with Crippen molar-refractivity contribution >= 4 is 21.5 Å². The van der Waals surface area contributed by atoms with Crippen molar-refractivity contribution in [3.8, 4) is 0 Å². The second-order valence-corrected chi connectivity index (χ2v) is 5.91. The molecule has 0 N–H and O–H groups in total. The van der Waals surface area contributed by atoms with Gasteiger partial charge in [0.05, 0.1) is 22.9 Å². The highest BCUT2D eigenvalue weighted by Gasteiger charge is 2.22. The van der Waals surface area contributed by atoms with E-state index in [1.54, 1.807) is 9.36 Å². The zero-order valence-corrected chi connectivity index (χ0v) is 12.5. The summed E-state index contributed by atoms with van der Waals surface area (Å²) in [7, 11) is 0. The standard InChI is InChI=1S/C18H16N2O2/c1-11-7-8-12(2)20-18(22)16-10-14-6-4-3-5-13(14)9-15(16)17(21)19(11)20/h3-12H,1-2H3. The van der Waals surface area contributed by atoms with Gasteiger partial charge in [0.2, 0.25) is 0 Å². The molecule has 4 heteroatoms. The van der Waals surface area contributed by atoms with Gasteiger partial charge in [-0.2, -0.15) is 0 Å². The summed E-state index contributed by atoms with van der Waals surface area (Å²) in [5.41, 5.74) is -0.215. The van der Waals surface area contributed by atoms with Gasteiger partial charge in [0.15, 0.2) is 0 Å². The highest BCUT2D eigenvalue weighted by Crippen LogP contribution is 2.22. The molecule has 2 heterocycles. The van der Waals surface area contributed by atoms with Crippen molar-refractivity contribution in [3.05, 3.63) is 69.3 Å². The summed E-state index contributed by atoms with van der Waals surface area (Å²) in [6, 6.07) is 11.2. The lowest BCUT2D eigenvalue weighted by atomic mass is 10.0. The zero-order valence-electron chi connectivity index (χ0n) is 12.5. The van der Waals surface area contributed by atoms with E-state index in [-0.39, 0.29) is 23.2 Å². The summed E-state index contributed by atoms with van der Waals surface area (Å²) in [6.07, 6.45) is 3.94. The van der Waals surface area contributed by atoms with Gasteiger partial charge in [0, 0.05) is 0 Å². The van der Waals surface area contributed by atoms with Gasteiger partial charge in [0.1, 0.15) is 0 Å². The van der Waals surface area contributed by atoms with Crippen LogP contribution < -0.4 is 11.1 Å². The molecule has 0 fully saturated rings. The molecule has 3 aromatic rings. The van der Waals surface area contributed by atoms with E-state index in [9.17, 15) is 9.59 Å². The first kappa shape index (κ1) is 13.1. The lowest BCUT2D eigenvalue weighted by Gasteiger charge is -2.27. The predicted molar refractivity (Wildman–Crippen MR) is 88.5 cm³/mol. The first-order valence-corrected chi connectivity index (χ1v) is 7.46. The molecule has 22 heavy (non-hydrogen) atoms. The summed E-state index contributed by atoms with van der Waals surface area (Å²) < 4.78 is 3.15. The molecule has 1 aliphatic heterocycles. The average Bonchev–Trinajstić information content (AvgIpc) is 2.53. The van der Waals surface area contributed by atoms with Crippen LogP contribution in [-0.2, 0) is 0 Å². The van der Waals surface area contributed by atoms with Crippen LogP contribution in [0.15, 0.2) is 58.1 Å². The fourth-order valence-electron chi connectivity index (χ4n) is 3.28. The maximum absolute atomic E-state index is 12.9. The summed E-state index contributed by atoms with van der Waals surface area (Å²) in [4.78, 5) is 25.8. The third-order valence-corrected chi connectivity index (χ3v) is 4.43. The van der Waals surface area contributed by atoms with E-state index in [0.29, 0.717) is 10.8 Å². The van der Waals surface area contributed by atoms with Crippen molar-refractivity contribution in [1.29, 1.82) is 0 Å². The van der Waals surface area contributed by atoms with Gasteiger partial charge in [-0.25, -0.2) is 9.36 Å². The fourth-order valence-corrected chi connectivity index (χ4v) is 3.28. The second-order valence-electron chi connectivity index (χ2n) is 5.91. The zero-order chi connectivity index (χ0) is 15.4. The van der Waals surface area contributed by atoms with Crippen LogP contribution >= 0.6 is 0 Å². The van der Waals surface area contributed by atoms with Crippen molar-refractivity contribution in [3.63, 3.8) is 0 Å². The number of aromatic nitrogens is 2. The smallest absolute Gasteiger partial charge is 0.267 e. The lowest BCUT2D eigenvalue weighted by molar-refractivity contribution is 0.362. The molecule has 2 aromatic carbocycles. The maximum Gasteiger partial charge on any atom is 0.273 e. The quantitative estimate of drug-likeness (QED) is 0.472. The third kappa shape index (κ3) is 1.64. The van der Waals surface area contributed by atoms with Gasteiger partial charge in [-0.3, -0.25) is 9.59 Å². The molecule has 1 aromatic heterocycles. The Morgan fingerprint density at radius 3 is 1.59 bits per heavy atom. The molecular weight excluding hydrogens is 276 g/mol. The van der Waals surface area contributed by atoms with Gasteiger partial charge in [0.25, 0.3) is 11.1 Å². The van der Waals surface area contributed by atoms with Crippen molar-refractivity contribution in [2.45, 2.75) is 25.9 Å². The first-order chi connectivity index (χ1) is 10.6. The van der Waals surface area contributed by atoms with Gasteiger partial charge in [-0.1, -0.05) is 36.4 Å². The number of hydrogen-bond donors (Lipinski definition) is 0. The minimum atomic E-state index is -0.118. The summed E-state index contributed by atoms with van der Waals surface area (Å²) >= 11 is 0. The van der Waals surface area contributed by atoms with Crippen LogP contribution in [0, 0.1) is 0 Å². The van der Waals surface area contributed by atoms with E-state index < -0.39 is 0 Å². The number of hydrogen-bond acceptors (Lipinski definition) is 2. The molecule has 110 valence electrons. The number of benzene rings is 2. The Kier molecular flexibility index (Phi) is 2.64. The second kappa shape index (κ2) is 4.44. The van der Waals surface area contributed by atoms with Crippen LogP contribution in [0.1, 0.15) is 25.9 Å². The van der Waals surface area contributed by atoms with Gasteiger partial charge in [-0.15, -0.1) is 0 Å². The van der Waals surface area contributed by atoms with Crippen molar-refractivity contribution in [1.82, 2.24) is 9.36 Å². The molecule has 2 atom stereocenters. The largest absolute Gasteiger partial charge is 0.273 e. The van der Waals surface area contributed by atoms with E-state index in [4.69, 9.17) is 0 Å². The van der Waals surface area contributed by atoms with Crippen LogP contribution in [0.5, 0.6) is 0 Å². The maximum atomic E-state index is 12.9. The topological polar surface area (TPSA) is 44.0 Å². The minimum absolute atomic E-state index is 0.107. The molecule has 1 aliphatic rings. The number of rotatable bonds is 0. The Labute approximate surface area is 126 Å². The van der Waals surface area contributed by atoms with E-state index in [2.05, 4.69) is 0 Å². The highest BCUT2D eigenvalue weighted by atomic mass is 16.2. The Morgan fingerprint density at radius 2 is 1.18 bits per heavy atom. The Hall–Kier alpha value is -2.62. The van der Waals surface area contributed by atoms with Crippen molar-refractivity contribution in [2.75, 3.05) is 0 Å². The fraction of sp³-hybridized carbons (Fsp3) is 0.222. The van der Waals surface area contributed by atoms with Gasteiger partial charge in [-0.05, 0) is 36.8 Å². The highest BCUT2D eigenvalue weighted by molar-refractivity contribution is 5.97. The van der Waals surface area contributed by atoms with Gasteiger partial charge < -0.3 is 0 Å². The monoisotopic (exact) mass is 292 g/mol. The molecule has 0 bridgehead atoms. The van der Waals surface area contributed by atoms with Crippen LogP contribution in [-0.4, -0.2) is 9.36 Å². The van der Waals surface area contributed by atoms with Crippen LogP contribution in [0.3, 0.4) is 0 Å². The molecule has 4 rings (SSSR count). The first-order valence-electron chi connectivity index (χ1n) is 7.46. The summed E-state index contributed by atoms with van der Waals surface area (Å²) in [5, 5.41) is 2.94. The van der Waals surface area contributed by atoms with Crippen molar-refractivity contribution in [2.24, 2.45) is 0 Å². The van der Waals surface area contributed by atoms with E-state index >= 15 is 0 Å². The molecule has 0 saturated carbocycles. The van der Waals surface area contributed by atoms with E-state index in [0.717, 1.165) is 10.8 Å². The molecule has 0 amide bonds. The molecule has 0 spiro atoms. The molecular formula is C18H16N2O2. The average molecular weight is 292 g/mol. The van der Waals surface area contributed by atoms with Crippen LogP contribution in [0.4, 0.5) is 0 Å². The number of nitrogens with zero attached hydrogens (tertiary/aromatic N) is 2. The normalized spacial score (nSPS) is 20.5. The Morgan fingerprint density at radius 1 is 0.773 bits per heavy atom. The van der Waals surface area contributed by atoms with E-state index in [1.807, 2.05) is 62.4 Å². The molecule has 4 nitrogen and oxygen atoms in total. The van der Waals surface area contributed by atoms with E-state index in [1.165, 1.54) is 0 Å². The Bertz CT molecular complexity index is 972. The summed E-state index contributed by atoms with van der Waals surface area (Å²) in [6.45, 7) is 3.85.